The van der Waals surface area contributed by atoms with Gasteiger partial charge in [0.15, 0.2) is 0 Å². The van der Waals surface area contributed by atoms with Crippen molar-refractivity contribution in [1.82, 2.24) is 19.9 Å². The highest BCUT2D eigenvalue weighted by molar-refractivity contribution is 6.00. The molecule has 0 aliphatic carbocycles. The molecule has 3 rings (SSSR count). The Labute approximate surface area is 182 Å². The number of nitrogens with two attached hydrogens (primary N) is 1. The Morgan fingerprint density at radius 3 is 2.75 bits per heavy atom. The number of hydrogen-bond acceptors (Lipinski definition) is 7. The number of aromatic nitrogens is 3. The first-order valence-electron chi connectivity index (χ1n) is 9.65. The molecular formula is C21H22FN7O3. The summed E-state index contributed by atoms with van der Waals surface area (Å²) in [6.45, 7) is 1.95. The van der Waals surface area contributed by atoms with Crippen LogP contribution in [0, 0.1) is 11.3 Å². The number of nitrogens with zero attached hydrogens (tertiary/aromatic N) is 4. The topological polar surface area (TPSA) is 158 Å². The monoisotopic (exact) mass is 439 g/mol. The van der Waals surface area contributed by atoms with Gasteiger partial charge in [-0.05, 0) is 38.1 Å². The molecule has 0 spiro atoms. The van der Waals surface area contributed by atoms with E-state index in [1.54, 1.807) is 28.8 Å². The van der Waals surface area contributed by atoms with Gasteiger partial charge < -0.3 is 21.5 Å². The Balaban J connectivity index is 1.94. The summed E-state index contributed by atoms with van der Waals surface area (Å²) in [6, 6.07) is 8.75. The van der Waals surface area contributed by atoms with Crippen LogP contribution in [-0.2, 0) is 4.79 Å². The lowest BCUT2D eigenvalue weighted by molar-refractivity contribution is -0.116. The number of amides is 2. The second-order valence-electron chi connectivity index (χ2n) is 7.68. The highest BCUT2D eigenvalue weighted by atomic mass is 19.1. The van der Waals surface area contributed by atoms with Gasteiger partial charge in [-0.25, -0.2) is 8.91 Å². The minimum absolute atomic E-state index is 0.0681. The van der Waals surface area contributed by atoms with E-state index in [1.165, 1.54) is 26.2 Å². The molecule has 0 radical (unpaired) electrons. The number of carbonyl (C=O) groups is 2. The third kappa shape index (κ3) is 4.98. The van der Waals surface area contributed by atoms with Crippen LogP contribution >= 0.6 is 0 Å². The Morgan fingerprint density at radius 2 is 2.09 bits per heavy atom. The maximum atomic E-state index is 14.0. The molecule has 1 unspecified atom stereocenters. The van der Waals surface area contributed by atoms with Crippen molar-refractivity contribution in [3.63, 3.8) is 0 Å². The Hall–Kier alpha value is -4.04. The predicted octanol–water partition coefficient (Wildman–Crippen LogP) is 1.00. The van der Waals surface area contributed by atoms with Crippen molar-refractivity contribution in [3.05, 3.63) is 47.8 Å². The van der Waals surface area contributed by atoms with Crippen LogP contribution in [0.1, 0.15) is 29.8 Å². The fourth-order valence-electron chi connectivity index (χ4n) is 2.89. The molecule has 3 aromatic rings. The van der Waals surface area contributed by atoms with Crippen LogP contribution in [0.15, 0.2) is 36.7 Å². The van der Waals surface area contributed by atoms with Crippen molar-refractivity contribution >= 4 is 23.0 Å². The summed E-state index contributed by atoms with van der Waals surface area (Å²) in [5.74, 6) is -1.28. The smallest absolute Gasteiger partial charge is 0.255 e. The average molecular weight is 439 g/mol. The maximum absolute atomic E-state index is 14.0. The number of halogens is 1. The molecule has 0 bridgehead atoms. The van der Waals surface area contributed by atoms with Crippen LogP contribution in [0.25, 0.3) is 16.9 Å². The van der Waals surface area contributed by atoms with Gasteiger partial charge in [0.05, 0.1) is 58.6 Å². The van der Waals surface area contributed by atoms with Crippen molar-refractivity contribution < 1.29 is 19.1 Å². The molecular weight excluding hydrogens is 417 g/mol. The number of aliphatic hydroxyl groups is 1. The zero-order valence-corrected chi connectivity index (χ0v) is 17.5. The molecule has 166 valence electrons. The van der Waals surface area contributed by atoms with Crippen molar-refractivity contribution in [2.75, 3.05) is 18.4 Å². The summed E-state index contributed by atoms with van der Waals surface area (Å²) in [4.78, 5) is 28.2. The molecule has 0 fully saturated rings. The number of hydrogen-bond donors (Lipinski definition) is 4. The molecule has 0 saturated heterocycles. The fourth-order valence-corrected chi connectivity index (χ4v) is 2.89. The number of primary amides is 1. The van der Waals surface area contributed by atoms with E-state index in [9.17, 15) is 19.1 Å². The van der Waals surface area contributed by atoms with Gasteiger partial charge in [-0.2, -0.15) is 10.4 Å². The Kier molecular flexibility index (Phi) is 6.36. The van der Waals surface area contributed by atoms with Gasteiger partial charge >= 0.3 is 0 Å². The third-order valence-electron chi connectivity index (χ3n) is 4.70. The molecule has 1 atom stereocenters. The van der Waals surface area contributed by atoms with E-state index in [4.69, 9.17) is 11.0 Å². The number of carbonyl (C=O) groups excluding carboxylic acids is 2. The summed E-state index contributed by atoms with van der Waals surface area (Å²) in [6.07, 6.45) is 1.02. The van der Waals surface area contributed by atoms with Crippen LogP contribution < -0.4 is 16.4 Å². The Morgan fingerprint density at radius 1 is 1.34 bits per heavy atom. The van der Waals surface area contributed by atoms with Gasteiger partial charge in [-0.3, -0.25) is 14.6 Å². The van der Waals surface area contributed by atoms with Gasteiger partial charge in [0.1, 0.15) is 12.2 Å². The molecule has 0 aliphatic heterocycles. The van der Waals surface area contributed by atoms with E-state index >= 15 is 0 Å². The number of fused-ring (bicyclic) bond motifs is 1. The summed E-state index contributed by atoms with van der Waals surface area (Å²) < 4.78 is 15.6. The summed E-state index contributed by atoms with van der Waals surface area (Å²) >= 11 is 0. The number of alkyl halides is 1. The standard InChI is InChI=1S/C21H22FN7O3/c1-21(2,32)18(22)10-27-20(31)14-9-25-16(6-15(14)26-11-19(24)30)17-4-3-13-5-12(7-23)8-28-29(13)17/h3-6,8-9,18,32H,10-11H2,1-2H3,(H2,24,30)(H,25,26)(H,27,31). The first kappa shape index (κ1) is 22.6. The lowest BCUT2D eigenvalue weighted by Gasteiger charge is -2.22. The lowest BCUT2D eigenvalue weighted by atomic mass is 10.0. The zero-order valence-electron chi connectivity index (χ0n) is 17.5. The van der Waals surface area contributed by atoms with Crippen molar-refractivity contribution in [2.45, 2.75) is 25.6 Å². The van der Waals surface area contributed by atoms with Crippen molar-refractivity contribution in [1.29, 1.82) is 5.26 Å². The van der Waals surface area contributed by atoms with Gasteiger partial charge in [0.2, 0.25) is 5.91 Å². The van der Waals surface area contributed by atoms with E-state index in [0.29, 0.717) is 22.5 Å². The van der Waals surface area contributed by atoms with Crippen LogP contribution in [0.5, 0.6) is 0 Å². The first-order valence-corrected chi connectivity index (χ1v) is 9.65. The minimum atomic E-state index is -1.68. The van der Waals surface area contributed by atoms with Crippen LogP contribution in [0.3, 0.4) is 0 Å². The molecule has 0 aliphatic rings. The molecule has 3 heterocycles. The lowest BCUT2D eigenvalue weighted by Crippen LogP contribution is -2.42. The molecule has 2 amide bonds. The Bertz CT molecular complexity index is 1210. The third-order valence-corrected chi connectivity index (χ3v) is 4.70. The maximum Gasteiger partial charge on any atom is 0.255 e. The largest absolute Gasteiger partial charge is 0.387 e. The highest BCUT2D eigenvalue weighted by Gasteiger charge is 2.27. The first-order chi connectivity index (χ1) is 15.1. The van der Waals surface area contributed by atoms with E-state index in [0.717, 1.165) is 0 Å². The number of pyridine rings is 1. The van der Waals surface area contributed by atoms with Crippen LogP contribution in [-0.4, -0.2) is 56.4 Å². The van der Waals surface area contributed by atoms with Crippen molar-refractivity contribution in [2.24, 2.45) is 5.73 Å². The zero-order chi connectivity index (χ0) is 23.5. The molecule has 0 aromatic carbocycles. The molecule has 32 heavy (non-hydrogen) atoms. The second kappa shape index (κ2) is 8.99. The van der Waals surface area contributed by atoms with Gasteiger partial charge in [0, 0.05) is 6.20 Å². The summed E-state index contributed by atoms with van der Waals surface area (Å²) in [7, 11) is 0. The molecule has 5 N–H and O–H groups in total. The van der Waals surface area contributed by atoms with Gasteiger partial charge in [0.25, 0.3) is 5.91 Å². The number of nitrogens with one attached hydrogen (secondary N) is 2. The number of anilines is 1. The van der Waals surface area contributed by atoms with Gasteiger partial charge in [-0.15, -0.1) is 0 Å². The predicted molar refractivity (Wildman–Crippen MR) is 114 cm³/mol. The van der Waals surface area contributed by atoms with E-state index < -0.39 is 30.1 Å². The molecule has 0 saturated carbocycles. The molecule has 3 aromatic heterocycles. The number of rotatable bonds is 8. The highest BCUT2D eigenvalue weighted by Crippen LogP contribution is 2.25. The van der Waals surface area contributed by atoms with Crippen molar-refractivity contribution in [3.8, 4) is 17.5 Å². The normalized spacial score (nSPS) is 12.2. The van der Waals surface area contributed by atoms with Crippen LogP contribution in [0.2, 0.25) is 0 Å². The average Bonchev–Trinajstić information content (AvgIpc) is 3.17. The fraction of sp³-hybridized carbons (Fsp3) is 0.286. The SMILES string of the molecule is CC(C)(O)C(F)CNC(=O)c1cnc(-c2ccc3cc(C#N)cnn23)cc1NCC(N)=O. The van der Waals surface area contributed by atoms with E-state index in [2.05, 4.69) is 20.7 Å². The summed E-state index contributed by atoms with van der Waals surface area (Å²) in [5, 5.41) is 28.2. The molecule has 11 heteroatoms. The molecule has 10 nitrogen and oxygen atoms in total. The second-order valence-corrected chi connectivity index (χ2v) is 7.68. The number of nitriles is 1. The van der Waals surface area contributed by atoms with E-state index in [-0.39, 0.29) is 17.8 Å². The van der Waals surface area contributed by atoms with E-state index in [1.807, 2.05) is 6.07 Å². The minimum Gasteiger partial charge on any atom is -0.387 e. The summed E-state index contributed by atoms with van der Waals surface area (Å²) in [5.41, 5.74) is 6.03. The van der Waals surface area contributed by atoms with Crippen LogP contribution in [0.4, 0.5) is 10.1 Å². The van der Waals surface area contributed by atoms with Gasteiger partial charge in [-0.1, -0.05) is 0 Å². The quantitative estimate of drug-likeness (QED) is 0.407.